The lowest BCUT2D eigenvalue weighted by Crippen LogP contribution is -2.32. The van der Waals surface area contributed by atoms with E-state index in [0.29, 0.717) is 5.69 Å². The number of carbonyl (C=O) groups is 2. The highest BCUT2D eigenvalue weighted by atomic mass is 16.6. The Bertz CT molecular complexity index is 441. The van der Waals surface area contributed by atoms with Gasteiger partial charge in [0.25, 0.3) is 5.69 Å². The highest BCUT2D eigenvalue weighted by molar-refractivity contribution is 5.92. The fourth-order valence-corrected chi connectivity index (χ4v) is 1.05. The molecule has 0 saturated carbocycles. The summed E-state index contributed by atoms with van der Waals surface area (Å²) < 4.78 is 0. The van der Waals surface area contributed by atoms with Crippen LogP contribution in [0.15, 0.2) is 24.3 Å². The summed E-state index contributed by atoms with van der Waals surface area (Å²) in [5.74, 6) is -0.163. The van der Waals surface area contributed by atoms with Gasteiger partial charge in [0.15, 0.2) is 0 Å². The molecule has 0 atom stereocenters. The topological polar surface area (TPSA) is 101 Å². The maximum absolute atomic E-state index is 11.2. The number of hydrogen-bond donors (Lipinski definition) is 2. The van der Waals surface area contributed by atoms with Gasteiger partial charge >= 0.3 is 6.03 Å². The largest absolute Gasteiger partial charge is 0.331 e. The zero-order valence-electron chi connectivity index (χ0n) is 9.10. The van der Waals surface area contributed by atoms with Gasteiger partial charge in [0.1, 0.15) is 5.78 Å². The maximum atomic E-state index is 11.2. The van der Waals surface area contributed by atoms with Gasteiger partial charge in [0.2, 0.25) is 0 Å². The summed E-state index contributed by atoms with van der Waals surface area (Å²) in [7, 11) is 0. The van der Waals surface area contributed by atoms with Crippen LogP contribution in [0.2, 0.25) is 0 Å². The molecule has 1 aromatic carbocycles. The van der Waals surface area contributed by atoms with Crippen LogP contribution in [0.1, 0.15) is 6.92 Å². The first-order valence-corrected chi connectivity index (χ1v) is 4.78. The monoisotopic (exact) mass is 237 g/mol. The van der Waals surface area contributed by atoms with E-state index in [1.807, 2.05) is 0 Å². The minimum atomic E-state index is -0.533. The molecular formula is C10H11N3O4. The Morgan fingerprint density at radius 2 is 1.88 bits per heavy atom. The van der Waals surface area contributed by atoms with Crippen LogP contribution in [-0.4, -0.2) is 23.3 Å². The fourth-order valence-electron chi connectivity index (χ4n) is 1.05. The molecule has 7 heteroatoms. The molecule has 0 unspecified atom stereocenters. The molecule has 0 aliphatic rings. The van der Waals surface area contributed by atoms with Gasteiger partial charge in [-0.1, -0.05) is 0 Å². The Kier molecular flexibility index (Phi) is 4.15. The van der Waals surface area contributed by atoms with Crippen LogP contribution in [0.25, 0.3) is 0 Å². The minimum absolute atomic E-state index is 0.0558. The first-order chi connectivity index (χ1) is 7.99. The van der Waals surface area contributed by atoms with Crippen LogP contribution in [0.5, 0.6) is 0 Å². The lowest BCUT2D eigenvalue weighted by atomic mass is 10.3. The number of anilines is 1. The number of nitrogens with zero attached hydrogens (tertiary/aromatic N) is 1. The van der Waals surface area contributed by atoms with E-state index in [2.05, 4.69) is 10.6 Å². The fraction of sp³-hybridized carbons (Fsp3) is 0.200. The number of Topliss-reactive ketones (excluding diaryl/α,β-unsaturated/α-hetero) is 1. The first-order valence-electron chi connectivity index (χ1n) is 4.78. The summed E-state index contributed by atoms with van der Waals surface area (Å²) in [5.41, 5.74) is 0.358. The number of hydrogen-bond acceptors (Lipinski definition) is 4. The third-order valence-electron chi connectivity index (χ3n) is 1.83. The smallest absolute Gasteiger partial charge is 0.319 e. The second-order valence-corrected chi connectivity index (χ2v) is 3.31. The minimum Gasteiger partial charge on any atom is -0.331 e. The second-order valence-electron chi connectivity index (χ2n) is 3.31. The van der Waals surface area contributed by atoms with Gasteiger partial charge in [-0.25, -0.2) is 4.79 Å². The van der Waals surface area contributed by atoms with Crippen molar-refractivity contribution in [3.8, 4) is 0 Å². The number of ketones is 1. The number of nitrogens with one attached hydrogen (secondary N) is 2. The van der Waals surface area contributed by atoms with E-state index in [0.717, 1.165) is 0 Å². The molecule has 0 aromatic heterocycles. The van der Waals surface area contributed by atoms with Crippen LogP contribution in [-0.2, 0) is 4.79 Å². The molecular weight excluding hydrogens is 226 g/mol. The molecule has 0 fully saturated rings. The summed E-state index contributed by atoms with van der Waals surface area (Å²) in [6.45, 7) is 1.30. The predicted octanol–water partition coefficient (Wildman–Crippen LogP) is 1.31. The Morgan fingerprint density at radius 1 is 1.29 bits per heavy atom. The van der Waals surface area contributed by atoms with Crippen molar-refractivity contribution in [2.45, 2.75) is 6.92 Å². The van der Waals surface area contributed by atoms with Crippen LogP contribution in [0.3, 0.4) is 0 Å². The van der Waals surface area contributed by atoms with Gasteiger partial charge in [-0.3, -0.25) is 14.9 Å². The number of rotatable bonds is 4. The average molecular weight is 237 g/mol. The lowest BCUT2D eigenvalue weighted by Gasteiger charge is -2.05. The van der Waals surface area contributed by atoms with Gasteiger partial charge in [-0.15, -0.1) is 0 Å². The van der Waals surface area contributed by atoms with Gasteiger partial charge in [0, 0.05) is 17.8 Å². The average Bonchev–Trinajstić information content (AvgIpc) is 2.27. The van der Waals surface area contributed by atoms with Gasteiger partial charge in [0.05, 0.1) is 11.5 Å². The van der Waals surface area contributed by atoms with E-state index in [-0.39, 0.29) is 18.0 Å². The number of nitro groups is 1. The van der Waals surface area contributed by atoms with Crippen molar-refractivity contribution >= 4 is 23.2 Å². The highest BCUT2D eigenvalue weighted by Gasteiger charge is 2.06. The second kappa shape index (κ2) is 5.59. The molecule has 0 bridgehead atoms. The van der Waals surface area contributed by atoms with Crippen molar-refractivity contribution in [1.82, 2.24) is 5.32 Å². The van der Waals surface area contributed by atoms with Crippen molar-refractivity contribution < 1.29 is 14.5 Å². The Morgan fingerprint density at radius 3 is 2.35 bits per heavy atom. The number of nitro benzene ring substituents is 1. The number of amides is 2. The van der Waals surface area contributed by atoms with Crippen molar-refractivity contribution in [2.24, 2.45) is 0 Å². The molecule has 90 valence electrons. The summed E-state index contributed by atoms with van der Waals surface area (Å²) in [5, 5.41) is 15.2. The van der Waals surface area contributed by atoms with Gasteiger partial charge < -0.3 is 10.6 Å². The Labute approximate surface area is 97.0 Å². The van der Waals surface area contributed by atoms with Crippen LogP contribution < -0.4 is 10.6 Å². The molecule has 7 nitrogen and oxygen atoms in total. The Balaban J connectivity index is 2.54. The number of benzene rings is 1. The Hall–Kier alpha value is -2.44. The zero-order chi connectivity index (χ0) is 12.8. The van der Waals surface area contributed by atoms with E-state index in [4.69, 9.17) is 0 Å². The maximum Gasteiger partial charge on any atom is 0.319 e. The zero-order valence-corrected chi connectivity index (χ0v) is 9.10. The molecule has 1 aromatic rings. The van der Waals surface area contributed by atoms with Crippen molar-refractivity contribution in [3.05, 3.63) is 34.4 Å². The summed E-state index contributed by atoms with van der Waals surface area (Å²) in [6, 6.07) is 4.84. The van der Waals surface area contributed by atoms with E-state index >= 15 is 0 Å². The third-order valence-corrected chi connectivity index (χ3v) is 1.83. The quantitative estimate of drug-likeness (QED) is 0.608. The molecule has 0 spiro atoms. The molecule has 0 heterocycles. The van der Waals surface area contributed by atoms with Crippen molar-refractivity contribution in [3.63, 3.8) is 0 Å². The summed E-state index contributed by atoms with van der Waals surface area (Å²) in [4.78, 5) is 31.7. The summed E-state index contributed by atoms with van der Waals surface area (Å²) in [6.07, 6.45) is 0. The highest BCUT2D eigenvalue weighted by Crippen LogP contribution is 2.14. The molecule has 2 N–H and O–H groups in total. The molecule has 0 saturated heterocycles. The van der Waals surface area contributed by atoms with Crippen LogP contribution in [0, 0.1) is 10.1 Å². The lowest BCUT2D eigenvalue weighted by molar-refractivity contribution is -0.384. The first kappa shape index (κ1) is 12.6. The number of carbonyl (C=O) groups excluding carboxylic acids is 2. The number of non-ortho nitro benzene ring substituents is 1. The van der Waals surface area contributed by atoms with Crippen LogP contribution >= 0.6 is 0 Å². The predicted molar refractivity (Wildman–Crippen MR) is 60.8 cm³/mol. The van der Waals surface area contributed by atoms with Gasteiger partial charge in [-0.2, -0.15) is 0 Å². The van der Waals surface area contributed by atoms with Crippen molar-refractivity contribution in [2.75, 3.05) is 11.9 Å². The summed E-state index contributed by atoms with van der Waals surface area (Å²) >= 11 is 0. The normalized spacial score (nSPS) is 9.47. The molecule has 17 heavy (non-hydrogen) atoms. The molecule has 0 aliphatic carbocycles. The molecule has 2 amide bonds. The molecule has 1 rings (SSSR count). The standard InChI is InChI=1S/C10H11N3O4/c1-7(14)6-11-10(15)12-8-2-4-9(5-3-8)13(16)17/h2-5H,6H2,1H3,(H2,11,12,15). The van der Waals surface area contributed by atoms with E-state index < -0.39 is 11.0 Å². The third kappa shape index (κ3) is 4.29. The molecule has 0 aliphatic heterocycles. The number of urea groups is 1. The van der Waals surface area contributed by atoms with Gasteiger partial charge in [-0.05, 0) is 19.1 Å². The van der Waals surface area contributed by atoms with E-state index in [1.165, 1.54) is 31.2 Å². The van der Waals surface area contributed by atoms with Crippen molar-refractivity contribution in [1.29, 1.82) is 0 Å². The van der Waals surface area contributed by atoms with Crippen LogP contribution in [0.4, 0.5) is 16.2 Å². The SMILES string of the molecule is CC(=O)CNC(=O)Nc1ccc([N+](=O)[O-])cc1. The van der Waals surface area contributed by atoms with E-state index in [9.17, 15) is 19.7 Å². The molecule has 0 radical (unpaired) electrons. The van der Waals surface area contributed by atoms with E-state index in [1.54, 1.807) is 0 Å².